The van der Waals surface area contributed by atoms with E-state index < -0.39 is 69.6 Å². The van der Waals surface area contributed by atoms with E-state index in [1.807, 2.05) is 38.1 Å². The van der Waals surface area contributed by atoms with Gasteiger partial charge in [0.2, 0.25) is 17.7 Å². The predicted octanol–water partition coefficient (Wildman–Crippen LogP) is 6.39. The Hall–Kier alpha value is -4.89. The molecule has 3 atom stereocenters. The van der Waals surface area contributed by atoms with Gasteiger partial charge in [0.05, 0.1) is 40.1 Å². The molecule has 2 aliphatic rings. The van der Waals surface area contributed by atoms with E-state index in [4.69, 9.17) is 4.74 Å². The highest BCUT2D eigenvalue weighted by Crippen LogP contribution is 2.54. The van der Waals surface area contributed by atoms with Crippen molar-refractivity contribution in [3.63, 3.8) is 0 Å². The molecule has 10 nitrogen and oxygen atoms in total. The molecule has 1 N–H and O–H groups in total. The number of carbonyl (C=O) groups is 4. The maximum Gasteiger partial charge on any atom is 0.418 e. The maximum absolute atomic E-state index is 14.3. The SMILES string of the molecule is CCOC(=O)c1ccc(N2C(=O)C3Sc4c(sc(=O)n4CC(=O)Nc4ccccc4C(F)(F)F)[C@H](c4ccc(N(CC)CC)cc4)C3C2=O)cc1. The molecular weight excluding hydrogens is 706 g/mol. The molecule has 0 radical (unpaired) electrons. The molecule has 266 valence electrons. The number of hydrogen-bond acceptors (Lipinski definition) is 9. The highest BCUT2D eigenvalue weighted by atomic mass is 32.2. The van der Waals surface area contributed by atoms with Gasteiger partial charge in [-0.2, -0.15) is 13.2 Å². The fraction of sp³-hybridized carbons (Fsp3) is 0.306. The Morgan fingerprint density at radius 3 is 2.20 bits per heavy atom. The van der Waals surface area contributed by atoms with Crippen LogP contribution >= 0.6 is 23.1 Å². The van der Waals surface area contributed by atoms with Gasteiger partial charge >= 0.3 is 17.0 Å². The van der Waals surface area contributed by atoms with Crippen LogP contribution in [0.3, 0.4) is 0 Å². The molecule has 2 aliphatic heterocycles. The van der Waals surface area contributed by atoms with E-state index in [9.17, 15) is 37.1 Å². The topological polar surface area (TPSA) is 118 Å². The first-order valence-electron chi connectivity index (χ1n) is 16.2. The average molecular weight is 739 g/mol. The highest BCUT2D eigenvalue weighted by molar-refractivity contribution is 8.00. The van der Waals surface area contributed by atoms with E-state index in [2.05, 4.69) is 10.2 Å². The van der Waals surface area contributed by atoms with Gasteiger partial charge in [-0.1, -0.05) is 47.4 Å². The molecule has 2 unspecified atom stereocenters. The van der Waals surface area contributed by atoms with Crippen LogP contribution in [0.2, 0.25) is 0 Å². The number of fused-ring (bicyclic) bond motifs is 2. The van der Waals surface area contributed by atoms with Gasteiger partial charge in [0.1, 0.15) is 11.8 Å². The summed E-state index contributed by atoms with van der Waals surface area (Å²) in [6.07, 6.45) is -4.72. The Bertz CT molecular complexity index is 2040. The summed E-state index contributed by atoms with van der Waals surface area (Å²) in [6, 6.07) is 18.0. The Kier molecular flexibility index (Phi) is 10.1. The van der Waals surface area contributed by atoms with E-state index in [0.717, 1.165) is 63.5 Å². The monoisotopic (exact) mass is 738 g/mol. The summed E-state index contributed by atoms with van der Waals surface area (Å²) in [5, 5.41) is 1.59. The summed E-state index contributed by atoms with van der Waals surface area (Å²) in [7, 11) is 0. The number of thioether (sulfide) groups is 1. The molecule has 0 saturated carbocycles. The predicted molar refractivity (Wildman–Crippen MR) is 189 cm³/mol. The number of carbonyl (C=O) groups excluding carboxylic acids is 4. The molecule has 0 aliphatic carbocycles. The second-order valence-electron chi connectivity index (χ2n) is 11.8. The first-order chi connectivity index (χ1) is 24.4. The smallest absolute Gasteiger partial charge is 0.418 e. The number of rotatable bonds is 10. The van der Waals surface area contributed by atoms with Crippen LogP contribution in [0.5, 0.6) is 0 Å². The quantitative estimate of drug-likeness (QED) is 0.147. The van der Waals surface area contributed by atoms with E-state index in [-0.39, 0.29) is 17.9 Å². The number of hydrogen-bond donors (Lipinski definition) is 1. The van der Waals surface area contributed by atoms with Gasteiger partial charge in [0.25, 0.3) is 0 Å². The number of para-hydroxylation sites is 1. The van der Waals surface area contributed by atoms with E-state index in [0.29, 0.717) is 15.5 Å². The lowest BCUT2D eigenvalue weighted by Crippen LogP contribution is -2.33. The summed E-state index contributed by atoms with van der Waals surface area (Å²) in [4.78, 5) is 70.5. The lowest BCUT2D eigenvalue weighted by atomic mass is 9.83. The molecule has 0 bridgehead atoms. The highest BCUT2D eigenvalue weighted by Gasteiger charge is 2.57. The first kappa shape index (κ1) is 35.9. The third-order valence-corrected chi connectivity index (χ3v) is 11.5. The number of nitrogens with zero attached hydrogens (tertiary/aromatic N) is 3. The molecule has 3 aromatic carbocycles. The lowest BCUT2D eigenvalue weighted by molar-refractivity contribution is -0.137. The third-order valence-electron chi connectivity index (χ3n) is 8.87. The van der Waals surface area contributed by atoms with Crippen molar-refractivity contribution in [2.45, 2.75) is 49.7 Å². The number of benzene rings is 3. The largest absolute Gasteiger partial charge is 0.462 e. The Morgan fingerprint density at radius 1 is 0.902 bits per heavy atom. The summed E-state index contributed by atoms with van der Waals surface area (Å²) < 4.78 is 47.0. The molecule has 1 saturated heterocycles. The van der Waals surface area contributed by atoms with Crippen molar-refractivity contribution in [3.8, 4) is 0 Å². The molecule has 4 aromatic rings. The van der Waals surface area contributed by atoms with Crippen LogP contribution in [0.15, 0.2) is 82.6 Å². The number of ether oxygens (including phenoxy) is 1. The van der Waals surface area contributed by atoms with Crippen LogP contribution in [0.1, 0.15) is 53.1 Å². The third kappa shape index (κ3) is 6.79. The molecule has 1 fully saturated rings. The Morgan fingerprint density at radius 2 is 1.57 bits per heavy atom. The van der Waals surface area contributed by atoms with Gasteiger partial charge in [-0.25, -0.2) is 9.69 Å². The fourth-order valence-electron chi connectivity index (χ4n) is 6.48. The number of imide groups is 1. The first-order valence-corrected chi connectivity index (χ1v) is 17.9. The van der Waals surface area contributed by atoms with Gasteiger partial charge in [0, 0.05) is 29.6 Å². The molecule has 3 amide bonds. The van der Waals surface area contributed by atoms with Crippen molar-refractivity contribution in [1.82, 2.24) is 4.57 Å². The van der Waals surface area contributed by atoms with Gasteiger partial charge in [-0.15, -0.1) is 0 Å². The van der Waals surface area contributed by atoms with Crippen molar-refractivity contribution in [3.05, 3.63) is 104 Å². The molecule has 15 heteroatoms. The number of halogens is 3. The minimum atomic E-state index is -4.72. The molecule has 1 aromatic heterocycles. The van der Waals surface area contributed by atoms with Gasteiger partial charge in [-0.3, -0.25) is 23.7 Å². The molecule has 3 heterocycles. The van der Waals surface area contributed by atoms with E-state index >= 15 is 0 Å². The summed E-state index contributed by atoms with van der Waals surface area (Å²) >= 11 is 1.83. The van der Waals surface area contributed by atoms with Crippen molar-refractivity contribution in [1.29, 1.82) is 0 Å². The summed E-state index contributed by atoms with van der Waals surface area (Å²) in [5.74, 6) is -4.10. The van der Waals surface area contributed by atoms with Crippen LogP contribution in [0.4, 0.5) is 30.2 Å². The van der Waals surface area contributed by atoms with Gasteiger partial charge < -0.3 is 15.0 Å². The Balaban J connectivity index is 1.39. The summed E-state index contributed by atoms with van der Waals surface area (Å²) in [6.45, 7) is 6.83. The van der Waals surface area contributed by atoms with E-state index in [1.54, 1.807) is 6.92 Å². The van der Waals surface area contributed by atoms with Crippen molar-refractivity contribution < 1.29 is 37.1 Å². The number of thiazole rings is 1. The maximum atomic E-state index is 14.3. The number of esters is 1. The Labute approximate surface area is 299 Å². The van der Waals surface area contributed by atoms with Crippen molar-refractivity contribution in [2.24, 2.45) is 5.92 Å². The molecule has 6 rings (SSSR count). The van der Waals surface area contributed by atoms with Crippen LogP contribution in [-0.2, 0) is 31.8 Å². The van der Waals surface area contributed by atoms with Gasteiger partial charge in [-0.05, 0) is 74.9 Å². The molecular formula is C36H33F3N4O6S2. The second kappa shape index (κ2) is 14.4. The second-order valence-corrected chi connectivity index (χ2v) is 13.9. The fourth-order valence-corrected chi connectivity index (χ4v) is 9.26. The van der Waals surface area contributed by atoms with Gasteiger partial charge in [0.15, 0.2) is 0 Å². The van der Waals surface area contributed by atoms with Crippen LogP contribution in [0, 0.1) is 5.92 Å². The van der Waals surface area contributed by atoms with Crippen LogP contribution in [0.25, 0.3) is 0 Å². The molecule has 51 heavy (non-hydrogen) atoms. The number of alkyl halides is 3. The normalized spacial score (nSPS) is 18.3. The average Bonchev–Trinajstić information content (AvgIpc) is 3.55. The zero-order chi connectivity index (χ0) is 36.6. The number of nitrogens with one attached hydrogen (secondary N) is 1. The minimum absolute atomic E-state index is 0.180. The lowest BCUT2D eigenvalue weighted by Gasteiger charge is -2.31. The number of aromatic nitrogens is 1. The van der Waals surface area contributed by atoms with Crippen molar-refractivity contribution in [2.75, 3.05) is 34.8 Å². The van der Waals surface area contributed by atoms with Crippen molar-refractivity contribution >= 4 is 63.9 Å². The summed E-state index contributed by atoms with van der Waals surface area (Å²) in [5.41, 5.74) is 0.651. The van der Waals surface area contributed by atoms with E-state index in [1.165, 1.54) is 36.4 Å². The van der Waals surface area contributed by atoms with Crippen LogP contribution in [-0.4, -0.2) is 53.2 Å². The number of anilines is 3. The van der Waals surface area contributed by atoms with Crippen LogP contribution < -0.4 is 20.0 Å². The standard InChI is InChI=1S/C36H33F3N4O6S2/c1-4-41(5-2)22-15-11-20(12-16-22)27-28-29(32(46)43(31(28)45)23-17-13-21(14-18-23)34(47)49-6-3)50-33-30(27)51-35(48)42(33)19-26(44)40-25-10-8-7-9-24(25)36(37,38)39/h7-18,27-29H,4-6,19H2,1-3H3,(H,40,44)/t27-,28?,29?/m1/s1. The minimum Gasteiger partial charge on any atom is -0.462 e. The zero-order valence-corrected chi connectivity index (χ0v) is 29.4. The zero-order valence-electron chi connectivity index (χ0n) is 27.7. The number of amides is 3. The molecule has 0 spiro atoms.